The summed E-state index contributed by atoms with van der Waals surface area (Å²) in [6, 6.07) is 0. The third-order valence-electron chi connectivity index (χ3n) is 2.81. The van der Waals surface area contributed by atoms with Crippen molar-refractivity contribution in [2.45, 2.75) is 19.8 Å². The van der Waals surface area contributed by atoms with E-state index < -0.39 is 0 Å². The second kappa shape index (κ2) is 2.95. The Morgan fingerprint density at radius 3 is 2.42 bits per heavy atom. The van der Waals surface area contributed by atoms with Crippen molar-refractivity contribution in [2.75, 3.05) is 24.6 Å². The Kier molecular flexibility index (Phi) is 2.07. The first-order valence-corrected chi connectivity index (χ1v) is 5.75. The van der Waals surface area contributed by atoms with Crippen LogP contribution in [0.4, 0.5) is 0 Å². The van der Waals surface area contributed by atoms with E-state index in [1.165, 1.54) is 0 Å². The predicted octanol–water partition coefficient (Wildman–Crippen LogP) is 1.36. The van der Waals surface area contributed by atoms with Crippen molar-refractivity contribution < 1.29 is 4.79 Å². The summed E-state index contributed by atoms with van der Waals surface area (Å²) in [5.74, 6) is 2.66. The summed E-state index contributed by atoms with van der Waals surface area (Å²) in [5.41, 5.74) is 0.0437. The largest absolute Gasteiger partial charge is 0.341 e. The first-order valence-electron chi connectivity index (χ1n) is 4.59. The summed E-state index contributed by atoms with van der Waals surface area (Å²) in [6.45, 7) is 4.04. The predicted molar refractivity (Wildman–Crippen MR) is 51.2 cm³/mol. The molecule has 3 heteroatoms. The van der Waals surface area contributed by atoms with Crippen molar-refractivity contribution in [2.24, 2.45) is 5.41 Å². The van der Waals surface area contributed by atoms with Gasteiger partial charge in [0, 0.05) is 30.0 Å². The molecule has 0 aromatic carbocycles. The molecule has 0 radical (unpaired) electrons. The maximum atomic E-state index is 11.8. The van der Waals surface area contributed by atoms with Gasteiger partial charge in [0.25, 0.3) is 0 Å². The Morgan fingerprint density at radius 1 is 1.33 bits per heavy atom. The van der Waals surface area contributed by atoms with E-state index in [0.29, 0.717) is 5.91 Å². The second-order valence-corrected chi connectivity index (χ2v) is 5.19. The zero-order chi connectivity index (χ0) is 8.60. The number of carbonyl (C=O) groups is 1. The van der Waals surface area contributed by atoms with Crippen LogP contribution in [0.2, 0.25) is 0 Å². The van der Waals surface area contributed by atoms with Crippen LogP contribution in [0.15, 0.2) is 0 Å². The molecule has 0 aromatic rings. The Hall–Kier alpha value is -0.180. The first kappa shape index (κ1) is 8.42. The molecular weight excluding hydrogens is 170 g/mol. The number of hydrogen-bond donors (Lipinski definition) is 0. The van der Waals surface area contributed by atoms with Gasteiger partial charge in [-0.25, -0.2) is 0 Å². The van der Waals surface area contributed by atoms with Crippen molar-refractivity contribution in [3.8, 4) is 0 Å². The molecule has 1 saturated heterocycles. The molecule has 0 spiro atoms. The number of carbonyl (C=O) groups excluding carboxylic acids is 1. The molecule has 1 saturated carbocycles. The average Bonchev–Trinajstić information content (AvgIpc) is 2.85. The van der Waals surface area contributed by atoms with Gasteiger partial charge in [-0.05, 0) is 12.8 Å². The SMILES string of the molecule is CC1(C(=O)N2CCSCC2)CC1. The van der Waals surface area contributed by atoms with Gasteiger partial charge in [-0.2, -0.15) is 11.8 Å². The van der Waals surface area contributed by atoms with E-state index >= 15 is 0 Å². The number of nitrogens with zero attached hydrogens (tertiary/aromatic N) is 1. The fourth-order valence-electron chi connectivity index (χ4n) is 1.55. The number of hydrogen-bond acceptors (Lipinski definition) is 2. The molecule has 0 bridgehead atoms. The van der Waals surface area contributed by atoms with Crippen molar-refractivity contribution in [1.29, 1.82) is 0 Å². The lowest BCUT2D eigenvalue weighted by atomic mass is 10.1. The van der Waals surface area contributed by atoms with Crippen LogP contribution in [0.5, 0.6) is 0 Å². The minimum absolute atomic E-state index is 0.0437. The third-order valence-corrected chi connectivity index (χ3v) is 3.76. The van der Waals surface area contributed by atoms with E-state index in [1.54, 1.807) is 0 Å². The highest BCUT2D eigenvalue weighted by atomic mass is 32.2. The van der Waals surface area contributed by atoms with E-state index in [4.69, 9.17) is 0 Å². The van der Waals surface area contributed by atoms with Crippen LogP contribution >= 0.6 is 11.8 Å². The van der Waals surface area contributed by atoms with Gasteiger partial charge >= 0.3 is 0 Å². The van der Waals surface area contributed by atoms with E-state index in [0.717, 1.165) is 37.4 Å². The maximum absolute atomic E-state index is 11.8. The van der Waals surface area contributed by atoms with Gasteiger partial charge in [0.2, 0.25) is 5.91 Å². The van der Waals surface area contributed by atoms with Crippen molar-refractivity contribution >= 4 is 17.7 Å². The number of rotatable bonds is 1. The lowest BCUT2D eigenvalue weighted by Crippen LogP contribution is -2.41. The summed E-state index contributed by atoms with van der Waals surface area (Å²) in [5, 5.41) is 0. The lowest BCUT2D eigenvalue weighted by molar-refractivity contribution is -0.135. The Labute approximate surface area is 77.7 Å². The Balaban J connectivity index is 1.94. The Bertz CT molecular complexity index is 195. The monoisotopic (exact) mass is 185 g/mol. The molecule has 68 valence electrons. The summed E-state index contributed by atoms with van der Waals surface area (Å²) >= 11 is 1.95. The van der Waals surface area contributed by atoms with E-state index in [-0.39, 0.29) is 5.41 Å². The first-order chi connectivity index (χ1) is 5.72. The van der Waals surface area contributed by atoms with Gasteiger partial charge in [-0.3, -0.25) is 4.79 Å². The Morgan fingerprint density at radius 2 is 1.92 bits per heavy atom. The molecule has 1 heterocycles. The fourth-order valence-corrected chi connectivity index (χ4v) is 2.45. The molecule has 0 aromatic heterocycles. The lowest BCUT2D eigenvalue weighted by Gasteiger charge is -2.28. The van der Waals surface area contributed by atoms with Gasteiger partial charge in [-0.15, -0.1) is 0 Å². The molecule has 2 rings (SSSR count). The normalized spacial score (nSPS) is 26.9. The van der Waals surface area contributed by atoms with Gasteiger partial charge in [-0.1, -0.05) is 6.92 Å². The summed E-state index contributed by atoms with van der Waals surface area (Å²) in [7, 11) is 0. The van der Waals surface area contributed by atoms with Crippen LogP contribution in [0, 0.1) is 5.41 Å². The fraction of sp³-hybridized carbons (Fsp3) is 0.889. The second-order valence-electron chi connectivity index (χ2n) is 3.97. The molecule has 12 heavy (non-hydrogen) atoms. The van der Waals surface area contributed by atoms with Crippen LogP contribution in [-0.2, 0) is 4.79 Å². The molecule has 0 atom stereocenters. The van der Waals surface area contributed by atoms with Crippen molar-refractivity contribution in [3.05, 3.63) is 0 Å². The molecule has 0 N–H and O–H groups in total. The molecule has 2 aliphatic rings. The quantitative estimate of drug-likeness (QED) is 0.615. The summed E-state index contributed by atoms with van der Waals surface area (Å²) in [4.78, 5) is 13.8. The highest BCUT2D eigenvalue weighted by Gasteiger charge is 2.47. The van der Waals surface area contributed by atoms with Gasteiger partial charge in [0.1, 0.15) is 0 Å². The van der Waals surface area contributed by atoms with Crippen molar-refractivity contribution in [1.82, 2.24) is 4.90 Å². The maximum Gasteiger partial charge on any atom is 0.228 e. The molecule has 0 unspecified atom stereocenters. The zero-order valence-corrected chi connectivity index (χ0v) is 8.32. The topological polar surface area (TPSA) is 20.3 Å². The minimum atomic E-state index is 0.0437. The van der Waals surface area contributed by atoms with Crippen LogP contribution in [0.3, 0.4) is 0 Å². The average molecular weight is 185 g/mol. The van der Waals surface area contributed by atoms with Gasteiger partial charge in [0.05, 0.1) is 0 Å². The van der Waals surface area contributed by atoms with Crippen molar-refractivity contribution in [3.63, 3.8) is 0 Å². The molecular formula is C9H15NOS. The molecule has 2 fully saturated rings. The van der Waals surface area contributed by atoms with Crippen LogP contribution < -0.4 is 0 Å². The summed E-state index contributed by atoms with van der Waals surface area (Å²) < 4.78 is 0. The van der Waals surface area contributed by atoms with Crippen LogP contribution in [-0.4, -0.2) is 35.4 Å². The summed E-state index contributed by atoms with van der Waals surface area (Å²) in [6.07, 6.45) is 2.21. The smallest absolute Gasteiger partial charge is 0.228 e. The minimum Gasteiger partial charge on any atom is -0.341 e. The molecule has 1 aliphatic heterocycles. The third kappa shape index (κ3) is 1.47. The van der Waals surface area contributed by atoms with E-state index in [1.807, 2.05) is 16.7 Å². The van der Waals surface area contributed by atoms with Crippen LogP contribution in [0.1, 0.15) is 19.8 Å². The van der Waals surface area contributed by atoms with Gasteiger partial charge in [0.15, 0.2) is 0 Å². The van der Waals surface area contributed by atoms with Crippen LogP contribution in [0.25, 0.3) is 0 Å². The van der Waals surface area contributed by atoms with E-state index in [9.17, 15) is 4.79 Å². The number of amides is 1. The molecule has 1 aliphatic carbocycles. The zero-order valence-electron chi connectivity index (χ0n) is 7.51. The standard InChI is InChI=1S/C9H15NOS/c1-9(2-3-9)8(11)10-4-6-12-7-5-10/h2-7H2,1H3. The molecule has 2 nitrogen and oxygen atoms in total. The van der Waals surface area contributed by atoms with Gasteiger partial charge < -0.3 is 4.90 Å². The number of thioether (sulfide) groups is 1. The van der Waals surface area contributed by atoms with E-state index in [2.05, 4.69) is 6.92 Å². The highest BCUT2D eigenvalue weighted by Crippen LogP contribution is 2.46. The highest BCUT2D eigenvalue weighted by molar-refractivity contribution is 7.99. The molecule has 1 amide bonds.